The Kier molecular flexibility index (Phi) is 24.3. The molecule has 0 radical (unpaired) electrons. The number of ether oxygens (including phenoxy) is 8. The normalized spacial score (nSPS) is 19.4. The molecule has 4 aliphatic rings. The molecule has 2 saturated heterocycles. The Morgan fingerprint density at radius 1 is 0.895 bits per heavy atom. The molecule has 470 valence electrons. The lowest BCUT2D eigenvalue weighted by atomic mass is 9.85. The van der Waals surface area contributed by atoms with E-state index in [1.54, 1.807) is 30.2 Å². The highest BCUT2D eigenvalue weighted by atomic mass is 32.1. The van der Waals surface area contributed by atoms with Gasteiger partial charge in [-0.3, -0.25) is 19.2 Å². The molecule has 2 aromatic heterocycles. The number of thiazole rings is 1. The first-order valence-corrected chi connectivity index (χ1v) is 31.1. The van der Waals surface area contributed by atoms with Crippen LogP contribution in [0.15, 0.2) is 59.8 Å². The van der Waals surface area contributed by atoms with Crippen molar-refractivity contribution < 1.29 is 62.2 Å². The molecule has 1 unspecified atom stereocenters. The van der Waals surface area contributed by atoms with Gasteiger partial charge in [0.25, 0.3) is 0 Å². The van der Waals surface area contributed by atoms with E-state index in [0.29, 0.717) is 108 Å². The zero-order valence-corrected chi connectivity index (χ0v) is 52.3. The molecule has 23 heteroatoms. The summed E-state index contributed by atoms with van der Waals surface area (Å²) in [4.78, 5) is 64.8. The van der Waals surface area contributed by atoms with Crippen LogP contribution in [0.1, 0.15) is 88.6 Å². The summed E-state index contributed by atoms with van der Waals surface area (Å²) in [5, 5.41) is 25.2. The molecular weight excluding hydrogens is 1120 g/mol. The average Bonchev–Trinajstić information content (AvgIpc) is 2.80. The van der Waals surface area contributed by atoms with Crippen molar-refractivity contribution in [1.82, 2.24) is 45.3 Å². The van der Waals surface area contributed by atoms with Crippen molar-refractivity contribution in [2.24, 2.45) is 17.3 Å². The Morgan fingerprint density at radius 2 is 1.64 bits per heavy atom. The number of piperidine rings is 1. The maximum absolute atomic E-state index is 14.1. The minimum atomic E-state index is -0.963. The lowest BCUT2D eigenvalue weighted by Crippen LogP contribution is -2.58. The quantitative estimate of drug-likeness (QED) is 0.0514. The number of methoxy groups -OCH3 is 2. The van der Waals surface area contributed by atoms with Gasteiger partial charge in [-0.05, 0) is 90.6 Å². The average molecular weight is 1210 g/mol. The molecule has 4 aromatic rings. The van der Waals surface area contributed by atoms with E-state index < -0.39 is 35.4 Å². The standard InChI is InChI=1S/C63H89N9O13S/c1-9-57(75)70-19-22-84-58-49(36-70)30-48(45-14-15-53(78-7)54(31-45)79-8)32-55(58)85-39-44-11-10-17-69(35-44)18-16-50-37-71(68-67-50)20-21-80-23-24-81-25-26-82-27-28-83-40-56(74)66-60(63(4,5)6)62(77)72-38-51(73)33-52(72)61(76)64-34-47-13-12-46(29-42(47)2)59-43(3)65-41-86-59/h12-15,30-32,37,41-42,44,51-52,60,73H,9-11,16-29,33-36,38-40H2,1-8H3,(H,64,76)(H,66,74)/t42?,44-,51+,52-,60+/m0/s1. The molecule has 4 amide bonds. The van der Waals surface area contributed by atoms with Crippen LogP contribution in [-0.2, 0) is 57.6 Å². The zero-order valence-electron chi connectivity index (χ0n) is 51.4. The number of fused-ring (bicyclic) bond motifs is 1. The van der Waals surface area contributed by atoms with Crippen molar-refractivity contribution in [2.45, 2.75) is 111 Å². The maximum Gasteiger partial charge on any atom is 0.246 e. The molecule has 2 aromatic carbocycles. The summed E-state index contributed by atoms with van der Waals surface area (Å²) in [5.74, 6) is 2.00. The van der Waals surface area contributed by atoms with E-state index in [0.717, 1.165) is 79.0 Å². The SMILES string of the molecule is CCC(=O)N1CCOc2c(cc(-c3ccc(OC)c(OC)c3)cc2OC[C@H]2CCCN(CCc3cn(CCOCCOCCOCCOCC(=O)N[C@H](C(=O)N4C[C@H](O)C[C@H]4C(=O)NCC4=CC=C(c5scnc5C)CC4C)C(C)(C)C)nn3)C2)C1. The molecule has 0 spiro atoms. The van der Waals surface area contributed by atoms with E-state index in [4.69, 9.17) is 37.9 Å². The highest BCUT2D eigenvalue weighted by molar-refractivity contribution is 7.10. The van der Waals surface area contributed by atoms with Gasteiger partial charge in [0.05, 0.1) is 108 Å². The number of nitrogens with one attached hydrogen (secondary N) is 2. The monoisotopic (exact) mass is 1210 g/mol. The summed E-state index contributed by atoms with van der Waals surface area (Å²) in [6.07, 6.45) is 9.52. The highest BCUT2D eigenvalue weighted by Crippen LogP contribution is 2.41. The molecule has 3 N–H and O–H groups in total. The Morgan fingerprint density at radius 3 is 2.35 bits per heavy atom. The number of aliphatic hydroxyl groups excluding tert-OH is 1. The topological polar surface area (TPSA) is 240 Å². The molecule has 5 atom stereocenters. The minimum absolute atomic E-state index is 0.00917. The number of likely N-dealkylation sites (tertiary alicyclic amines) is 2. The lowest BCUT2D eigenvalue weighted by molar-refractivity contribution is -0.144. The van der Waals surface area contributed by atoms with E-state index in [1.165, 1.54) is 15.4 Å². The summed E-state index contributed by atoms with van der Waals surface area (Å²) < 4.78 is 48.5. The number of β-amino-alcohol motifs (C(OH)–C–C–N with tert-alkyl or cyclic N) is 1. The van der Waals surface area contributed by atoms with Crippen molar-refractivity contribution in [3.8, 4) is 34.1 Å². The molecule has 5 heterocycles. The molecular formula is C63H89N9O13S. The number of aryl methyl sites for hydroxylation is 1. The van der Waals surface area contributed by atoms with Gasteiger partial charge in [0.1, 0.15) is 25.3 Å². The van der Waals surface area contributed by atoms with Crippen LogP contribution < -0.4 is 29.6 Å². The second-order valence-electron chi connectivity index (χ2n) is 23.6. The van der Waals surface area contributed by atoms with E-state index >= 15 is 0 Å². The zero-order chi connectivity index (χ0) is 61.2. The van der Waals surface area contributed by atoms with Gasteiger partial charge in [-0.25, -0.2) is 9.67 Å². The Hall–Kier alpha value is -6.47. The highest BCUT2D eigenvalue weighted by Gasteiger charge is 2.44. The Bertz CT molecular complexity index is 2960. The van der Waals surface area contributed by atoms with Gasteiger partial charge in [-0.15, -0.1) is 16.4 Å². The third-order valence-corrected chi connectivity index (χ3v) is 17.1. The number of aromatic nitrogens is 4. The van der Waals surface area contributed by atoms with E-state index in [2.05, 4.69) is 49.9 Å². The van der Waals surface area contributed by atoms with Crippen molar-refractivity contribution in [3.63, 3.8) is 0 Å². The summed E-state index contributed by atoms with van der Waals surface area (Å²) in [6, 6.07) is 8.11. The second kappa shape index (κ2) is 32.0. The van der Waals surface area contributed by atoms with Crippen molar-refractivity contribution in [2.75, 3.05) is 120 Å². The summed E-state index contributed by atoms with van der Waals surface area (Å²) in [6.45, 7) is 19.1. The molecule has 0 saturated carbocycles. The molecule has 8 rings (SSSR count). The van der Waals surface area contributed by atoms with Crippen LogP contribution in [0.5, 0.6) is 23.0 Å². The number of amides is 4. The van der Waals surface area contributed by atoms with E-state index in [1.807, 2.05) is 81.6 Å². The predicted octanol–water partition coefficient (Wildman–Crippen LogP) is 5.92. The van der Waals surface area contributed by atoms with Crippen LogP contribution in [0.4, 0.5) is 0 Å². The number of nitrogens with zero attached hydrogens (tertiary/aromatic N) is 7. The Balaban J connectivity index is 0.671. The fraction of sp³-hybridized carbons (Fsp3) is 0.603. The smallest absolute Gasteiger partial charge is 0.246 e. The second-order valence-corrected chi connectivity index (χ2v) is 24.4. The van der Waals surface area contributed by atoms with Gasteiger partial charge >= 0.3 is 0 Å². The fourth-order valence-electron chi connectivity index (χ4n) is 11.3. The number of carbonyl (C=O) groups excluding carboxylic acids is 4. The molecule has 86 heavy (non-hydrogen) atoms. The third kappa shape index (κ3) is 18.3. The van der Waals surface area contributed by atoms with Crippen molar-refractivity contribution >= 4 is 40.5 Å². The summed E-state index contributed by atoms with van der Waals surface area (Å²) in [5.41, 5.74) is 8.18. The fourth-order valence-corrected chi connectivity index (χ4v) is 12.1. The predicted molar refractivity (Wildman–Crippen MR) is 325 cm³/mol. The number of hydrogen-bond acceptors (Lipinski definition) is 18. The molecule has 1 aliphatic carbocycles. The van der Waals surface area contributed by atoms with Crippen molar-refractivity contribution in [1.29, 1.82) is 0 Å². The Labute approximate surface area is 509 Å². The van der Waals surface area contributed by atoms with Crippen LogP contribution in [-0.4, -0.2) is 201 Å². The molecule has 22 nitrogen and oxygen atoms in total. The van der Waals surface area contributed by atoms with Crippen LogP contribution >= 0.6 is 11.3 Å². The van der Waals surface area contributed by atoms with Gasteiger partial charge in [-0.2, -0.15) is 0 Å². The summed E-state index contributed by atoms with van der Waals surface area (Å²) >= 11 is 1.62. The number of benzene rings is 2. The van der Waals surface area contributed by atoms with Gasteiger partial charge in [0.15, 0.2) is 23.0 Å². The van der Waals surface area contributed by atoms with Gasteiger partial charge in [-0.1, -0.05) is 58.1 Å². The van der Waals surface area contributed by atoms with Gasteiger partial charge < -0.3 is 68.3 Å². The number of allylic oxidation sites excluding steroid dienone is 3. The first kappa shape index (κ1) is 65.5. The van der Waals surface area contributed by atoms with Crippen LogP contribution in [0, 0.1) is 24.2 Å². The summed E-state index contributed by atoms with van der Waals surface area (Å²) in [7, 11) is 3.24. The number of rotatable bonds is 30. The molecule has 3 aliphatic heterocycles. The van der Waals surface area contributed by atoms with E-state index in [9.17, 15) is 24.3 Å². The van der Waals surface area contributed by atoms with Crippen LogP contribution in [0.2, 0.25) is 0 Å². The van der Waals surface area contributed by atoms with Gasteiger partial charge in [0.2, 0.25) is 23.6 Å². The minimum Gasteiger partial charge on any atom is -0.493 e. The van der Waals surface area contributed by atoms with E-state index in [-0.39, 0.29) is 50.5 Å². The largest absolute Gasteiger partial charge is 0.493 e. The molecule has 2 fully saturated rings. The lowest BCUT2D eigenvalue weighted by Gasteiger charge is -2.35. The van der Waals surface area contributed by atoms with Gasteiger partial charge in [0, 0.05) is 69.7 Å². The maximum atomic E-state index is 14.1. The van der Waals surface area contributed by atoms with Crippen LogP contribution in [0.25, 0.3) is 16.7 Å². The molecule has 0 bridgehead atoms. The van der Waals surface area contributed by atoms with Crippen LogP contribution in [0.3, 0.4) is 0 Å². The number of hydrogen-bond donors (Lipinski definition) is 3. The number of carbonyl (C=O) groups is 4. The first-order chi connectivity index (χ1) is 41.5. The third-order valence-electron chi connectivity index (χ3n) is 16.1. The van der Waals surface area contributed by atoms with Crippen molar-refractivity contribution in [3.05, 3.63) is 81.6 Å². The number of aliphatic hydroxyl groups is 1. The first-order valence-electron chi connectivity index (χ1n) is 30.2.